The first kappa shape index (κ1) is 19.6. The predicted molar refractivity (Wildman–Crippen MR) is 119 cm³/mol. The van der Waals surface area contributed by atoms with Crippen molar-refractivity contribution in [1.29, 1.82) is 0 Å². The first-order chi connectivity index (χ1) is 14.3. The second-order valence-electron chi connectivity index (χ2n) is 8.09. The monoisotopic (exact) mass is 393 g/mol. The molecule has 0 bridgehead atoms. The zero-order chi connectivity index (χ0) is 19.9. The van der Waals surface area contributed by atoms with Gasteiger partial charge < -0.3 is 15.5 Å². The van der Waals surface area contributed by atoms with Crippen LogP contribution in [0.1, 0.15) is 51.4 Å². The van der Waals surface area contributed by atoms with Crippen molar-refractivity contribution in [1.82, 2.24) is 10.3 Å². The Bertz CT molecular complexity index is 778. The van der Waals surface area contributed by atoms with Crippen molar-refractivity contribution in [2.75, 3.05) is 28.6 Å². The van der Waals surface area contributed by atoms with Crippen LogP contribution in [0.25, 0.3) is 0 Å². The SMILES string of the molecule is O=C(Nc1ccc(Nc2ccc(N3CCCCC3)cc2)cn1)NC1CCCCC1. The van der Waals surface area contributed by atoms with E-state index in [4.69, 9.17) is 0 Å². The van der Waals surface area contributed by atoms with Crippen LogP contribution in [-0.4, -0.2) is 30.1 Å². The second kappa shape index (κ2) is 9.63. The molecule has 6 nitrogen and oxygen atoms in total. The van der Waals surface area contributed by atoms with Gasteiger partial charge in [0, 0.05) is 30.5 Å². The van der Waals surface area contributed by atoms with E-state index in [1.807, 2.05) is 12.1 Å². The summed E-state index contributed by atoms with van der Waals surface area (Å²) < 4.78 is 0. The number of amides is 2. The van der Waals surface area contributed by atoms with E-state index < -0.39 is 0 Å². The molecule has 0 radical (unpaired) electrons. The van der Waals surface area contributed by atoms with E-state index >= 15 is 0 Å². The van der Waals surface area contributed by atoms with E-state index in [0.29, 0.717) is 5.82 Å². The molecule has 1 aromatic carbocycles. The van der Waals surface area contributed by atoms with Crippen LogP contribution in [0, 0.1) is 0 Å². The molecule has 2 fully saturated rings. The summed E-state index contributed by atoms with van der Waals surface area (Å²) in [6.07, 6.45) is 11.5. The minimum absolute atomic E-state index is 0.168. The zero-order valence-electron chi connectivity index (χ0n) is 17.0. The van der Waals surface area contributed by atoms with Crippen LogP contribution >= 0.6 is 0 Å². The van der Waals surface area contributed by atoms with Crippen LogP contribution < -0.4 is 20.9 Å². The molecule has 2 aliphatic rings. The lowest BCUT2D eigenvalue weighted by Gasteiger charge is -2.28. The molecule has 1 saturated heterocycles. The maximum atomic E-state index is 12.1. The van der Waals surface area contributed by atoms with Crippen molar-refractivity contribution in [3.8, 4) is 0 Å². The van der Waals surface area contributed by atoms with Gasteiger partial charge in [0.1, 0.15) is 5.82 Å². The number of urea groups is 1. The summed E-state index contributed by atoms with van der Waals surface area (Å²) in [5, 5.41) is 9.24. The smallest absolute Gasteiger partial charge is 0.320 e. The van der Waals surface area contributed by atoms with Gasteiger partial charge in [0.15, 0.2) is 0 Å². The first-order valence-corrected chi connectivity index (χ1v) is 10.9. The molecule has 1 saturated carbocycles. The van der Waals surface area contributed by atoms with Crippen molar-refractivity contribution >= 4 is 28.9 Å². The maximum Gasteiger partial charge on any atom is 0.320 e. The van der Waals surface area contributed by atoms with E-state index in [1.165, 1.54) is 44.2 Å². The Balaban J connectivity index is 1.28. The van der Waals surface area contributed by atoms with Crippen LogP contribution in [0.4, 0.5) is 27.7 Å². The molecule has 6 heteroatoms. The standard InChI is InChI=1S/C23H31N5O/c29-23(26-18-7-3-1-4-8-18)27-22-14-11-20(17-24-22)25-19-9-12-21(13-10-19)28-15-5-2-6-16-28/h9-14,17-18,25H,1-8,15-16H2,(H2,24,26,27,29). The zero-order valence-corrected chi connectivity index (χ0v) is 17.0. The summed E-state index contributed by atoms with van der Waals surface area (Å²) >= 11 is 0. The van der Waals surface area contributed by atoms with Gasteiger partial charge in [0.05, 0.1) is 11.9 Å². The Morgan fingerprint density at radius 2 is 1.55 bits per heavy atom. The Morgan fingerprint density at radius 1 is 0.862 bits per heavy atom. The van der Waals surface area contributed by atoms with E-state index in [1.54, 1.807) is 6.20 Å². The second-order valence-corrected chi connectivity index (χ2v) is 8.09. The summed E-state index contributed by atoms with van der Waals surface area (Å²) in [5.41, 5.74) is 3.22. The number of benzene rings is 1. The normalized spacial score (nSPS) is 17.6. The van der Waals surface area contributed by atoms with E-state index in [-0.39, 0.29) is 12.1 Å². The summed E-state index contributed by atoms with van der Waals surface area (Å²) in [6.45, 7) is 2.30. The molecular weight excluding hydrogens is 362 g/mol. The molecule has 1 aliphatic heterocycles. The summed E-state index contributed by atoms with van der Waals surface area (Å²) in [5.74, 6) is 0.560. The van der Waals surface area contributed by atoms with Gasteiger partial charge in [0.2, 0.25) is 0 Å². The third-order valence-electron chi connectivity index (χ3n) is 5.82. The predicted octanol–water partition coefficient (Wildman–Crippen LogP) is 5.27. The van der Waals surface area contributed by atoms with Gasteiger partial charge in [-0.2, -0.15) is 0 Å². The number of hydrogen-bond acceptors (Lipinski definition) is 4. The highest BCUT2D eigenvalue weighted by atomic mass is 16.2. The molecular formula is C23H31N5O. The highest BCUT2D eigenvalue weighted by Gasteiger charge is 2.15. The molecule has 4 rings (SSSR count). The Hall–Kier alpha value is -2.76. The molecule has 1 aliphatic carbocycles. The number of hydrogen-bond donors (Lipinski definition) is 3. The van der Waals surface area contributed by atoms with Gasteiger partial charge in [-0.15, -0.1) is 0 Å². The molecule has 1 aromatic heterocycles. The number of rotatable bonds is 5. The van der Waals surface area contributed by atoms with Crippen molar-refractivity contribution < 1.29 is 4.79 Å². The molecule has 0 spiro atoms. The minimum Gasteiger partial charge on any atom is -0.372 e. The molecule has 29 heavy (non-hydrogen) atoms. The van der Waals surface area contributed by atoms with Gasteiger partial charge in [-0.05, 0) is 68.5 Å². The van der Waals surface area contributed by atoms with Gasteiger partial charge in [-0.1, -0.05) is 19.3 Å². The lowest BCUT2D eigenvalue weighted by Crippen LogP contribution is -2.39. The van der Waals surface area contributed by atoms with Gasteiger partial charge in [-0.3, -0.25) is 5.32 Å². The fourth-order valence-electron chi connectivity index (χ4n) is 4.20. The van der Waals surface area contributed by atoms with Gasteiger partial charge in [-0.25, -0.2) is 9.78 Å². The molecule has 0 unspecified atom stereocenters. The molecule has 0 atom stereocenters. The minimum atomic E-state index is -0.168. The third-order valence-corrected chi connectivity index (χ3v) is 5.82. The van der Waals surface area contributed by atoms with Crippen LogP contribution in [-0.2, 0) is 0 Å². The summed E-state index contributed by atoms with van der Waals surface area (Å²) in [6, 6.07) is 12.4. The Morgan fingerprint density at radius 3 is 2.24 bits per heavy atom. The van der Waals surface area contributed by atoms with Gasteiger partial charge >= 0.3 is 6.03 Å². The van der Waals surface area contributed by atoms with Crippen LogP contribution in [0.15, 0.2) is 42.6 Å². The van der Waals surface area contributed by atoms with Crippen LogP contribution in [0.3, 0.4) is 0 Å². The highest BCUT2D eigenvalue weighted by molar-refractivity contribution is 5.88. The van der Waals surface area contributed by atoms with Crippen LogP contribution in [0.2, 0.25) is 0 Å². The van der Waals surface area contributed by atoms with Crippen molar-refractivity contribution in [3.63, 3.8) is 0 Å². The molecule has 154 valence electrons. The number of anilines is 4. The summed E-state index contributed by atoms with van der Waals surface area (Å²) in [4.78, 5) is 18.9. The van der Waals surface area contributed by atoms with E-state index in [9.17, 15) is 4.79 Å². The lowest BCUT2D eigenvalue weighted by atomic mass is 9.96. The number of carbonyl (C=O) groups is 1. The fourth-order valence-corrected chi connectivity index (χ4v) is 4.20. The number of carbonyl (C=O) groups excluding carboxylic acids is 1. The first-order valence-electron chi connectivity index (χ1n) is 10.9. The van der Waals surface area contributed by atoms with Crippen LogP contribution in [0.5, 0.6) is 0 Å². The number of nitrogens with zero attached hydrogens (tertiary/aromatic N) is 2. The highest BCUT2D eigenvalue weighted by Crippen LogP contribution is 2.24. The average Bonchev–Trinajstić information content (AvgIpc) is 2.77. The van der Waals surface area contributed by atoms with Crippen molar-refractivity contribution in [2.24, 2.45) is 0 Å². The van der Waals surface area contributed by atoms with Crippen molar-refractivity contribution in [2.45, 2.75) is 57.4 Å². The largest absolute Gasteiger partial charge is 0.372 e. The Labute approximate surface area is 173 Å². The average molecular weight is 394 g/mol. The number of aromatic nitrogens is 1. The molecule has 2 amide bonds. The molecule has 2 heterocycles. The number of nitrogens with one attached hydrogen (secondary N) is 3. The topological polar surface area (TPSA) is 69.3 Å². The van der Waals surface area contributed by atoms with E-state index in [0.717, 1.165) is 37.3 Å². The molecule has 2 aromatic rings. The van der Waals surface area contributed by atoms with E-state index in [2.05, 4.69) is 50.1 Å². The quantitative estimate of drug-likeness (QED) is 0.647. The van der Waals surface area contributed by atoms with Gasteiger partial charge in [0.25, 0.3) is 0 Å². The number of piperidine rings is 1. The van der Waals surface area contributed by atoms with Crippen molar-refractivity contribution in [3.05, 3.63) is 42.6 Å². The lowest BCUT2D eigenvalue weighted by molar-refractivity contribution is 0.244. The summed E-state index contributed by atoms with van der Waals surface area (Å²) in [7, 11) is 0. The number of pyridine rings is 1. The molecule has 3 N–H and O–H groups in total. The Kier molecular flexibility index (Phi) is 6.49. The third kappa shape index (κ3) is 5.62. The fraction of sp³-hybridized carbons (Fsp3) is 0.478. The maximum absolute atomic E-state index is 12.1.